The summed E-state index contributed by atoms with van der Waals surface area (Å²) < 4.78 is 0. The summed E-state index contributed by atoms with van der Waals surface area (Å²) in [6, 6.07) is 0. The molecule has 0 aliphatic carbocycles. The summed E-state index contributed by atoms with van der Waals surface area (Å²) in [4.78, 5) is 0. The first-order chi connectivity index (χ1) is 4.50. The second-order valence-electron chi connectivity index (χ2n) is 2.05. The zero-order valence-corrected chi connectivity index (χ0v) is 5.48. The molecule has 1 aliphatic rings. The van der Waals surface area contributed by atoms with Gasteiger partial charge in [0, 0.05) is 6.54 Å². The van der Waals surface area contributed by atoms with Crippen molar-refractivity contribution < 1.29 is 0 Å². The maximum atomic E-state index is 3.03. The van der Waals surface area contributed by atoms with Gasteiger partial charge in [0.05, 0.1) is 0 Å². The Bertz CT molecular complexity index is 78.9. The van der Waals surface area contributed by atoms with Crippen LogP contribution < -0.4 is 10.6 Å². The third-order valence-electron chi connectivity index (χ3n) is 1.24. The summed E-state index contributed by atoms with van der Waals surface area (Å²) in [5.41, 5.74) is 0. The predicted octanol–water partition coefficient (Wildman–Crippen LogP) is 0.512. The molecule has 2 nitrogen and oxygen atoms in total. The van der Waals surface area contributed by atoms with Crippen molar-refractivity contribution in [1.82, 2.24) is 10.6 Å². The van der Waals surface area contributed by atoms with Crippen LogP contribution in [0.3, 0.4) is 0 Å². The molecule has 0 saturated heterocycles. The number of rotatable bonds is 0. The smallest absolute Gasteiger partial charge is 0.140 e. The van der Waals surface area contributed by atoms with Gasteiger partial charge in [0.25, 0.3) is 0 Å². The zero-order chi connectivity index (χ0) is 6.36. The summed E-state index contributed by atoms with van der Waals surface area (Å²) in [6.45, 7) is 4.80. The van der Waals surface area contributed by atoms with Crippen molar-refractivity contribution >= 4 is 0 Å². The molecule has 0 aromatic carbocycles. The molecule has 1 aliphatic heterocycles. The summed E-state index contributed by atoms with van der Waals surface area (Å²) >= 11 is 0. The molecule has 0 bridgehead atoms. The van der Waals surface area contributed by atoms with Crippen molar-refractivity contribution in [3.05, 3.63) is 18.8 Å². The molecular weight excluding hydrogens is 112 g/mol. The van der Waals surface area contributed by atoms with Crippen LogP contribution in [-0.2, 0) is 0 Å². The minimum absolute atomic E-state index is 0.896. The number of hydrogen-bond acceptors (Lipinski definition) is 2. The Morgan fingerprint density at radius 1 is 1.22 bits per heavy atom. The fraction of sp³-hybridized carbons (Fsp3) is 0.571. The standard InChI is InChI=1S/C7H12N2/c1-2-4-6-9-7-8-5-3-1/h1,3,8-9H,2,4-6H2/b3-1+. The van der Waals surface area contributed by atoms with E-state index in [2.05, 4.69) is 29.5 Å². The second kappa shape index (κ2) is 4.53. The number of nitrogens with one attached hydrogen (secondary N) is 2. The van der Waals surface area contributed by atoms with Crippen LogP contribution in [-0.4, -0.2) is 13.1 Å². The molecular formula is C7H12N2. The van der Waals surface area contributed by atoms with Gasteiger partial charge in [-0.05, 0) is 19.4 Å². The topological polar surface area (TPSA) is 24.1 Å². The highest BCUT2D eigenvalue weighted by Crippen LogP contribution is 1.90. The average molecular weight is 124 g/mol. The molecule has 2 heteroatoms. The minimum atomic E-state index is 0.896. The van der Waals surface area contributed by atoms with E-state index in [9.17, 15) is 0 Å². The molecule has 9 heavy (non-hydrogen) atoms. The molecule has 0 fully saturated rings. The lowest BCUT2D eigenvalue weighted by atomic mass is 10.3. The van der Waals surface area contributed by atoms with E-state index >= 15 is 0 Å². The van der Waals surface area contributed by atoms with Gasteiger partial charge in [0.1, 0.15) is 6.67 Å². The van der Waals surface area contributed by atoms with Gasteiger partial charge >= 0.3 is 0 Å². The molecule has 0 spiro atoms. The Morgan fingerprint density at radius 3 is 3.22 bits per heavy atom. The maximum Gasteiger partial charge on any atom is 0.140 e. The quantitative estimate of drug-likeness (QED) is 0.460. The number of hydrogen-bond donors (Lipinski definition) is 2. The van der Waals surface area contributed by atoms with Crippen molar-refractivity contribution in [2.45, 2.75) is 12.8 Å². The van der Waals surface area contributed by atoms with Gasteiger partial charge in [-0.2, -0.15) is 0 Å². The first-order valence-corrected chi connectivity index (χ1v) is 3.36. The Kier molecular flexibility index (Phi) is 3.41. The molecule has 1 heterocycles. The molecule has 0 unspecified atom stereocenters. The van der Waals surface area contributed by atoms with Crippen LogP contribution in [0.5, 0.6) is 0 Å². The molecule has 0 saturated carbocycles. The van der Waals surface area contributed by atoms with Crippen LogP contribution in [0.25, 0.3) is 0 Å². The van der Waals surface area contributed by atoms with Gasteiger partial charge < -0.3 is 0 Å². The van der Waals surface area contributed by atoms with Crippen molar-refractivity contribution in [2.24, 2.45) is 0 Å². The van der Waals surface area contributed by atoms with Gasteiger partial charge in [-0.25, -0.2) is 0 Å². The first-order valence-electron chi connectivity index (χ1n) is 3.36. The third-order valence-corrected chi connectivity index (χ3v) is 1.24. The summed E-state index contributed by atoms with van der Waals surface area (Å²) in [5.74, 6) is 0. The Labute approximate surface area is 56.3 Å². The van der Waals surface area contributed by atoms with Crippen molar-refractivity contribution in [1.29, 1.82) is 0 Å². The predicted molar refractivity (Wildman–Crippen MR) is 37.6 cm³/mol. The highest BCUT2D eigenvalue weighted by atomic mass is 15.0. The first kappa shape index (κ1) is 6.78. The van der Waals surface area contributed by atoms with Crippen LogP contribution in [0, 0.1) is 6.67 Å². The van der Waals surface area contributed by atoms with Gasteiger partial charge in [0.2, 0.25) is 0 Å². The summed E-state index contributed by atoms with van der Waals surface area (Å²) in [7, 11) is 0. The maximum absolute atomic E-state index is 3.03. The second-order valence-corrected chi connectivity index (χ2v) is 2.05. The summed E-state index contributed by atoms with van der Waals surface area (Å²) in [6.07, 6.45) is 6.70. The fourth-order valence-corrected chi connectivity index (χ4v) is 0.744. The summed E-state index contributed by atoms with van der Waals surface area (Å²) in [5, 5.41) is 6.01. The van der Waals surface area contributed by atoms with E-state index in [4.69, 9.17) is 0 Å². The Hall–Kier alpha value is -0.340. The molecule has 2 N–H and O–H groups in total. The third kappa shape index (κ3) is 3.27. The fourth-order valence-electron chi connectivity index (χ4n) is 0.744. The van der Waals surface area contributed by atoms with E-state index in [0.29, 0.717) is 0 Å². The van der Waals surface area contributed by atoms with Crippen LogP contribution in [0.4, 0.5) is 0 Å². The largest absolute Gasteiger partial charge is 0.294 e. The SMILES string of the molecule is [C]1NC/C=C/CCCN1. The minimum Gasteiger partial charge on any atom is -0.294 e. The van der Waals surface area contributed by atoms with Gasteiger partial charge in [-0.3, -0.25) is 10.6 Å². The van der Waals surface area contributed by atoms with Crippen molar-refractivity contribution in [2.75, 3.05) is 13.1 Å². The van der Waals surface area contributed by atoms with E-state index in [1.807, 2.05) is 0 Å². The number of allylic oxidation sites excluding steroid dienone is 1. The van der Waals surface area contributed by atoms with E-state index in [0.717, 1.165) is 13.1 Å². The van der Waals surface area contributed by atoms with E-state index in [-0.39, 0.29) is 0 Å². The highest BCUT2D eigenvalue weighted by molar-refractivity contribution is 4.86. The van der Waals surface area contributed by atoms with Crippen molar-refractivity contribution in [3.8, 4) is 0 Å². The van der Waals surface area contributed by atoms with Crippen LogP contribution in [0.2, 0.25) is 0 Å². The molecule has 0 amide bonds. The van der Waals surface area contributed by atoms with Crippen LogP contribution >= 0.6 is 0 Å². The molecule has 0 aromatic heterocycles. The van der Waals surface area contributed by atoms with E-state index in [1.54, 1.807) is 0 Å². The lowest BCUT2D eigenvalue weighted by molar-refractivity contribution is 0.682. The molecule has 0 atom stereocenters. The molecule has 1 rings (SSSR count). The molecule has 2 radical (unpaired) electrons. The van der Waals surface area contributed by atoms with Gasteiger partial charge in [-0.1, -0.05) is 12.2 Å². The lowest BCUT2D eigenvalue weighted by Crippen LogP contribution is -2.22. The zero-order valence-electron chi connectivity index (χ0n) is 5.48. The van der Waals surface area contributed by atoms with Crippen molar-refractivity contribution in [3.63, 3.8) is 0 Å². The van der Waals surface area contributed by atoms with Crippen LogP contribution in [0.15, 0.2) is 12.2 Å². The van der Waals surface area contributed by atoms with E-state index < -0.39 is 0 Å². The van der Waals surface area contributed by atoms with Crippen LogP contribution in [0.1, 0.15) is 12.8 Å². The van der Waals surface area contributed by atoms with E-state index in [1.165, 1.54) is 12.8 Å². The molecule has 0 aromatic rings. The van der Waals surface area contributed by atoms with Gasteiger partial charge in [0.15, 0.2) is 0 Å². The Morgan fingerprint density at radius 2 is 2.22 bits per heavy atom. The monoisotopic (exact) mass is 124 g/mol. The normalized spacial score (nSPS) is 25.8. The average Bonchev–Trinajstić information content (AvgIpc) is 2.00. The van der Waals surface area contributed by atoms with Gasteiger partial charge in [-0.15, -0.1) is 0 Å². The Balaban J connectivity index is 2.15. The molecule has 50 valence electrons. The lowest BCUT2D eigenvalue weighted by Gasteiger charge is -1.98. The highest BCUT2D eigenvalue weighted by Gasteiger charge is 1.89.